The molecule has 2 unspecified atom stereocenters. The smallest absolute Gasteiger partial charge is 0.293 e. The molecule has 3 amide bonds. The molecule has 6 aromatic rings. The predicted molar refractivity (Wildman–Crippen MR) is 227 cm³/mol. The van der Waals surface area contributed by atoms with E-state index >= 15 is 0 Å². The number of imide groups is 1. The van der Waals surface area contributed by atoms with E-state index in [-0.39, 0.29) is 40.9 Å². The van der Waals surface area contributed by atoms with Crippen molar-refractivity contribution in [1.29, 1.82) is 0 Å². The van der Waals surface area contributed by atoms with Crippen molar-refractivity contribution in [3.8, 4) is 22.4 Å². The quantitative estimate of drug-likeness (QED) is 0.124. The van der Waals surface area contributed by atoms with E-state index in [1.807, 2.05) is 52.9 Å². The summed E-state index contributed by atoms with van der Waals surface area (Å²) in [5.74, 6) is -0.563. The Hall–Kier alpha value is -6.21. The Bertz CT molecular complexity index is 2530. The van der Waals surface area contributed by atoms with Crippen LogP contribution in [0.1, 0.15) is 96.8 Å². The second-order valence-corrected chi connectivity index (χ2v) is 17.0. The van der Waals surface area contributed by atoms with Crippen LogP contribution in [0.3, 0.4) is 0 Å². The van der Waals surface area contributed by atoms with E-state index in [2.05, 4.69) is 102 Å². The topological polar surface area (TPSA) is 162 Å². The van der Waals surface area contributed by atoms with Gasteiger partial charge in [-0.25, -0.2) is 4.98 Å². The summed E-state index contributed by atoms with van der Waals surface area (Å²) in [7, 11) is 0. The largest absolute Gasteiger partial charge is 0.369 e. The second-order valence-electron chi connectivity index (χ2n) is 17.0. The van der Waals surface area contributed by atoms with E-state index < -0.39 is 0 Å². The van der Waals surface area contributed by atoms with Gasteiger partial charge in [0.2, 0.25) is 17.7 Å². The molecule has 3 aromatic heterocycles. The third-order valence-corrected chi connectivity index (χ3v) is 11.6. The highest BCUT2D eigenvalue weighted by Gasteiger charge is 2.29. The fourth-order valence-corrected chi connectivity index (χ4v) is 8.21. The molecular formula is C46H51N9O4. The van der Waals surface area contributed by atoms with Crippen molar-refractivity contribution in [2.24, 2.45) is 0 Å². The van der Waals surface area contributed by atoms with Gasteiger partial charge < -0.3 is 14.7 Å². The van der Waals surface area contributed by atoms with Gasteiger partial charge in [0.1, 0.15) is 5.69 Å². The molecule has 2 fully saturated rings. The monoisotopic (exact) mass is 793 g/mol. The van der Waals surface area contributed by atoms with Gasteiger partial charge in [-0.05, 0) is 91.3 Å². The molecule has 59 heavy (non-hydrogen) atoms. The zero-order valence-electron chi connectivity index (χ0n) is 34.6. The number of H-pyrrole nitrogens is 1. The number of carbonyl (C=O) groups is 3. The minimum absolute atomic E-state index is 0.0209. The summed E-state index contributed by atoms with van der Waals surface area (Å²) in [6.07, 6.45) is 3.80. The molecule has 2 aliphatic rings. The van der Waals surface area contributed by atoms with E-state index in [1.165, 1.54) is 11.3 Å². The lowest BCUT2D eigenvalue weighted by atomic mass is 9.87. The number of pyridine rings is 1. The van der Waals surface area contributed by atoms with Crippen LogP contribution >= 0.6 is 0 Å². The number of piperidine rings is 1. The molecule has 8 rings (SSSR count). The molecule has 13 nitrogen and oxygen atoms in total. The maximum atomic E-state index is 12.9. The number of fused-ring (bicyclic) bond motifs is 1. The molecule has 3 N–H and O–H groups in total. The summed E-state index contributed by atoms with van der Waals surface area (Å²) in [6, 6.07) is 23.1. The van der Waals surface area contributed by atoms with E-state index in [0.717, 1.165) is 94.8 Å². The van der Waals surface area contributed by atoms with Crippen LogP contribution in [0.25, 0.3) is 33.4 Å². The van der Waals surface area contributed by atoms with E-state index in [1.54, 1.807) is 0 Å². The Morgan fingerprint density at radius 1 is 0.932 bits per heavy atom. The minimum Gasteiger partial charge on any atom is -0.369 e. The average Bonchev–Trinajstić information content (AvgIpc) is 3.90. The lowest BCUT2D eigenvalue weighted by molar-refractivity contribution is -0.134. The number of benzene rings is 3. The molecule has 0 radical (unpaired) electrons. The number of hydrogen-bond donors (Lipinski definition) is 3. The molecular weight excluding hydrogens is 743 g/mol. The number of anilines is 1. The van der Waals surface area contributed by atoms with Crippen molar-refractivity contribution >= 4 is 34.4 Å². The number of nitrogens with one attached hydrogen (secondary N) is 3. The molecule has 5 heterocycles. The standard InChI is InChI=1S/C46H51N9O4/c1-27-23-30(7-13-36(27)37-15-16-39(56)49-43(37)57)17-18-54-19-21-55(22-20-54)34-11-8-31(9-12-34)33-25-38-40(51-52-41(38)47-26-33)32-10-14-35(28(2)24-32)29(3)48-44(58)42-50-45(59-53-42)46(4,5)6/h7-14,23-26,29,37H,15-22H2,1-6H3,(H,48,58)(H,47,51,52)(H,49,56,57). The van der Waals surface area contributed by atoms with Gasteiger partial charge in [-0.2, -0.15) is 10.1 Å². The van der Waals surface area contributed by atoms with Crippen LogP contribution in [0.4, 0.5) is 5.69 Å². The van der Waals surface area contributed by atoms with Crippen molar-refractivity contribution in [2.45, 2.75) is 78.2 Å². The van der Waals surface area contributed by atoms with Gasteiger partial charge in [-0.1, -0.05) is 68.4 Å². The number of piperazine rings is 1. The molecule has 13 heteroatoms. The SMILES string of the molecule is Cc1cc(-c2n[nH]c3ncc(-c4ccc(N5CCN(CCc6ccc(C7CCC(=O)NC7=O)c(C)c6)CC5)cc4)cc23)ccc1C(C)NC(=O)c1noc(C(C)(C)C)n1. The van der Waals surface area contributed by atoms with Crippen LogP contribution in [-0.2, 0) is 21.4 Å². The van der Waals surface area contributed by atoms with Gasteiger partial charge in [0, 0.05) is 73.0 Å². The first-order chi connectivity index (χ1) is 28.3. The highest BCUT2D eigenvalue weighted by atomic mass is 16.5. The molecule has 2 aliphatic heterocycles. The zero-order valence-corrected chi connectivity index (χ0v) is 34.6. The van der Waals surface area contributed by atoms with Crippen molar-refractivity contribution in [3.63, 3.8) is 0 Å². The van der Waals surface area contributed by atoms with Gasteiger partial charge >= 0.3 is 0 Å². The number of hydrogen-bond acceptors (Lipinski definition) is 10. The summed E-state index contributed by atoms with van der Waals surface area (Å²) in [5.41, 5.74) is 10.8. The fraction of sp³-hybridized carbons (Fsp3) is 0.370. The Morgan fingerprint density at radius 2 is 1.69 bits per heavy atom. The first-order valence-electron chi connectivity index (χ1n) is 20.4. The number of aromatic amines is 1. The van der Waals surface area contributed by atoms with Gasteiger partial charge in [0.25, 0.3) is 11.7 Å². The fourth-order valence-electron chi connectivity index (χ4n) is 8.21. The number of aryl methyl sites for hydroxylation is 2. The molecule has 0 bridgehead atoms. The van der Waals surface area contributed by atoms with Crippen molar-refractivity contribution in [3.05, 3.63) is 112 Å². The Balaban J connectivity index is 0.870. The van der Waals surface area contributed by atoms with Crippen LogP contribution in [-0.4, -0.2) is 80.7 Å². The first kappa shape index (κ1) is 39.6. The van der Waals surface area contributed by atoms with Crippen LogP contribution in [0.15, 0.2) is 77.4 Å². The predicted octanol–water partition coefficient (Wildman–Crippen LogP) is 6.97. The summed E-state index contributed by atoms with van der Waals surface area (Å²) >= 11 is 0. The summed E-state index contributed by atoms with van der Waals surface area (Å²) in [5, 5.41) is 18.0. The average molecular weight is 794 g/mol. The van der Waals surface area contributed by atoms with Crippen molar-refractivity contribution in [2.75, 3.05) is 37.6 Å². The Kier molecular flexibility index (Phi) is 10.9. The number of carbonyl (C=O) groups excluding carboxylic acids is 3. The Labute approximate surface area is 344 Å². The minimum atomic E-state index is -0.385. The molecule has 2 atom stereocenters. The molecule has 0 aliphatic carbocycles. The number of amides is 3. The third kappa shape index (κ3) is 8.52. The maximum absolute atomic E-state index is 12.9. The molecule has 3 aromatic carbocycles. The van der Waals surface area contributed by atoms with Crippen LogP contribution < -0.4 is 15.5 Å². The number of aromatic nitrogens is 5. The summed E-state index contributed by atoms with van der Waals surface area (Å²) < 4.78 is 5.31. The van der Waals surface area contributed by atoms with Crippen LogP contribution in [0.2, 0.25) is 0 Å². The molecule has 304 valence electrons. The maximum Gasteiger partial charge on any atom is 0.293 e. The highest BCUT2D eigenvalue weighted by molar-refractivity contribution is 6.01. The van der Waals surface area contributed by atoms with Gasteiger partial charge in [-0.15, -0.1) is 0 Å². The highest BCUT2D eigenvalue weighted by Crippen LogP contribution is 2.33. The number of rotatable bonds is 10. The van der Waals surface area contributed by atoms with E-state index in [0.29, 0.717) is 18.7 Å². The van der Waals surface area contributed by atoms with Gasteiger partial charge in [-0.3, -0.25) is 29.7 Å². The van der Waals surface area contributed by atoms with Gasteiger partial charge in [0.05, 0.1) is 12.0 Å². The van der Waals surface area contributed by atoms with E-state index in [9.17, 15) is 14.4 Å². The molecule has 2 saturated heterocycles. The normalized spacial score (nSPS) is 17.0. The van der Waals surface area contributed by atoms with Crippen molar-refractivity contribution < 1.29 is 18.9 Å². The lowest BCUT2D eigenvalue weighted by Gasteiger charge is -2.36. The van der Waals surface area contributed by atoms with Crippen LogP contribution in [0, 0.1) is 13.8 Å². The third-order valence-electron chi connectivity index (χ3n) is 11.6. The summed E-state index contributed by atoms with van der Waals surface area (Å²) in [6.45, 7) is 16.8. The second kappa shape index (κ2) is 16.2. The summed E-state index contributed by atoms with van der Waals surface area (Å²) in [4.78, 5) is 50.9. The number of nitrogens with zero attached hydrogens (tertiary/aromatic N) is 6. The van der Waals surface area contributed by atoms with Crippen molar-refractivity contribution in [1.82, 2.24) is 40.9 Å². The van der Waals surface area contributed by atoms with Gasteiger partial charge in [0.15, 0.2) is 5.65 Å². The van der Waals surface area contributed by atoms with Crippen LogP contribution in [0.5, 0.6) is 0 Å². The van der Waals surface area contributed by atoms with E-state index in [4.69, 9.17) is 9.51 Å². The zero-order chi connectivity index (χ0) is 41.4. The molecule has 0 saturated carbocycles. The molecule has 0 spiro atoms. The Morgan fingerprint density at radius 3 is 2.39 bits per heavy atom. The lowest BCUT2D eigenvalue weighted by Crippen LogP contribution is -2.47. The first-order valence-corrected chi connectivity index (χ1v) is 20.4.